The van der Waals surface area contributed by atoms with Crippen molar-refractivity contribution in [3.8, 4) is 34.6 Å². The monoisotopic (exact) mass is 446 g/mol. The molecule has 33 heavy (non-hydrogen) atoms. The molecule has 0 bridgehead atoms. The summed E-state index contributed by atoms with van der Waals surface area (Å²) in [4.78, 5) is 0. The standard InChI is InChI=1S/C19H16.C3H8.C3H6.C3H4.2C2H6.CH4/c1-15-6-5-9-19(14-15)18-12-10-17(11-13-18)16-7-3-2-4-8-16;3*1-3-2;2*1-2;/h2-14H,1H3;3H2,1-2H3;3H,1H2,2H3;1H,2H3;2*1-2H3;1H4. The summed E-state index contributed by atoms with van der Waals surface area (Å²) < 4.78 is 0. The van der Waals surface area contributed by atoms with Gasteiger partial charge < -0.3 is 0 Å². The van der Waals surface area contributed by atoms with Crippen molar-refractivity contribution in [2.24, 2.45) is 0 Å². The average Bonchev–Trinajstić information content (AvgIpc) is 2.84. The second-order valence-corrected chi connectivity index (χ2v) is 6.22. The van der Waals surface area contributed by atoms with E-state index in [0.29, 0.717) is 0 Å². The largest absolute Gasteiger partial charge is 0.120 e. The summed E-state index contributed by atoms with van der Waals surface area (Å²) >= 11 is 0. The zero-order valence-corrected chi connectivity index (χ0v) is 22.1. The SMILES string of the molecule is C.C#CC.C=CC.CC.CC.CCC.Cc1cccc(-c2ccc(-c3ccccc3)cc2)c1. The fraction of sp³-hybridized carbons (Fsp3) is 0.333. The predicted octanol–water partition coefficient (Wildman–Crippen LogP) is 11.3. The lowest BCUT2D eigenvalue weighted by molar-refractivity contribution is 1.09. The van der Waals surface area contributed by atoms with E-state index < -0.39 is 0 Å². The van der Waals surface area contributed by atoms with E-state index in [1.54, 1.807) is 13.0 Å². The molecule has 0 nitrogen and oxygen atoms in total. The highest BCUT2D eigenvalue weighted by atomic mass is 14.0. The van der Waals surface area contributed by atoms with Gasteiger partial charge in [-0.1, -0.05) is 146 Å². The van der Waals surface area contributed by atoms with E-state index >= 15 is 0 Å². The van der Waals surface area contributed by atoms with Crippen LogP contribution in [0.5, 0.6) is 0 Å². The van der Waals surface area contributed by atoms with Gasteiger partial charge in [-0.25, -0.2) is 0 Å². The minimum absolute atomic E-state index is 0. The van der Waals surface area contributed by atoms with Crippen molar-refractivity contribution >= 4 is 0 Å². The molecule has 3 rings (SSSR count). The molecule has 182 valence electrons. The van der Waals surface area contributed by atoms with Gasteiger partial charge in [0, 0.05) is 0 Å². The van der Waals surface area contributed by atoms with Crippen LogP contribution in [0.15, 0.2) is 91.5 Å². The first-order valence-corrected chi connectivity index (χ1v) is 11.7. The van der Waals surface area contributed by atoms with E-state index in [1.165, 1.54) is 34.2 Å². The summed E-state index contributed by atoms with van der Waals surface area (Å²) in [6, 6.07) is 27.8. The molecule has 0 spiro atoms. The molecule has 0 fully saturated rings. The lowest BCUT2D eigenvalue weighted by Gasteiger charge is -2.05. The molecule has 0 saturated heterocycles. The molecule has 0 aliphatic carbocycles. The van der Waals surface area contributed by atoms with E-state index in [4.69, 9.17) is 0 Å². The maximum Gasteiger partial charge on any atom is -0.00297 e. The Kier molecular flexibility index (Phi) is 32.7. The summed E-state index contributed by atoms with van der Waals surface area (Å²) in [5.41, 5.74) is 6.36. The van der Waals surface area contributed by atoms with Crippen LogP contribution in [-0.4, -0.2) is 0 Å². The summed E-state index contributed by atoms with van der Waals surface area (Å²) in [7, 11) is 0. The maximum atomic E-state index is 4.60. The minimum atomic E-state index is 0. The van der Waals surface area contributed by atoms with Gasteiger partial charge in [0.25, 0.3) is 0 Å². The molecule has 3 aromatic rings. The minimum Gasteiger partial charge on any atom is -0.120 e. The van der Waals surface area contributed by atoms with Crippen LogP contribution in [0.4, 0.5) is 0 Å². The van der Waals surface area contributed by atoms with Crippen molar-refractivity contribution in [2.75, 3.05) is 0 Å². The zero-order valence-electron chi connectivity index (χ0n) is 22.1. The number of hydrogen-bond donors (Lipinski definition) is 0. The normalized spacial score (nSPS) is 7.52. The molecule has 0 N–H and O–H groups in total. The number of terminal acetylenes is 1. The third kappa shape index (κ3) is 19.4. The quantitative estimate of drug-likeness (QED) is 0.271. The molecule has 3 aromatic carbocycles. The first kappa shape index (κ1) is 37.3. The summed E-state index contributed by atoms with van der Waals surface area (Å²) in [5, 5.41) is 0. The van der Waals surface area contributed by atoms with E-state index in [9.17, 15) is 0 Å². The molecule has 0 aromatic heterocycles. The van der Waals surface area contributed by atoms with Gasteiger partial charge in [-0.2, -0.15) is 0 Å². The average molecular weight is 447 g/mol. The fourth-order valence-electron chi connectivity index (χ4n) is 2.31. The van der Waals surface area contributed by atoms with Gasteiger partial charge >= 0.3 is 0 Å². The fourth-order valence-corrected chi connectivity index (χ4v) is 2.31. The molecule has 0 heteroatoms. The zero-order chi connectivity index (χ0) is 25.2. The second-order valence-electron chi connectivity index (χ2n) is 6.22. The highest BCUT2D eigenvalue weighted by molar-refractivity contribution is 5.70. The van der Waals surface area contributed by atoms with Crippen LogP contribution in [0, 0.1) is 19.3 Å². The number of allylic oxidation sites excluding steroid dienone is 1. The molecular formula is C33H50. The van der Waals surface area contributed by atoms with Crippen LogP contribution in [0.2, 0.25) is 0 Å². The Labute approximate surface area is 207 Å². The maximum absolute atomic E-state index is 4.60. The van der Waals surface area contributed by atoms with Gasteiger partial charge in [-0.15, -0.1) is 18.9 Å². The Bertz CT molecular complexity index is 803. The summed E-state index contributed by atoms with van der Waals surface area (Å²) in [5.74, 6) is 2.25. The van der Waals surface area contributed by atoms with Crippen molar-refractivity contribution in [3.63, 3.8) is 0 Å². The molecule has 0 unspecified atom stereocenters. The van der Waals surface area contributed by atoms with Crippen LogP contribution in [0.3, 0.4) is 0 Å². The van der Waals surface area contributed by atoms with E-state index in [1.807, 2.05) is 40.7 Å². The van der Waals surface area contributed by atoms with Crippen molar-refractivity contribution < 1.29 is 0 Å². The van der Waals surface area contributed by atoms with Gasteiger partial charge in [-0.3, -0.25) is 0 Å². The van der Waals surface area contributed by atoms with E-state index in [0.717, 1.165) is 0 Å². The predicted molar refractivity (Wildman–Crippen MR) is 158 cm³/mol. The second kappa shape index (κ2) is 29.0. The van der Waals surface area contributed by atoms with Crippen LogP contribution >= 0.6 is 0 Å². The van der Waals surface area contributed by atoms with Gasteiger partial charge in [-0.05, 0) is 43.0 Å². The smallest absolute Gasteiger partial charge is 0.00297 e. The summed E-state index contributed by atoms with van der Waals surface area (Å²) in [6.07, 6.45) is 7.60. The van der Waals surface area contributed by atoms with Gasteiger partial charge in [0.1, 0.15) is 0 Å². The highest BCUT2D eigenvalue weighted by Gasteiger charge is 2.00. The van der Waals surface area contributed by atoms with Gasteiger partial charge in [0.15, 0.2) is 0 Å². The molecule has 0 saturated carbocycles. The third-order valence-electron chi connectivity index (χ3n) is 3.34. The topological polar surface area (TPSA) is 0 Å². The van der Waals surface area contributed by atoms with Gasteiger partial charge in [0.05, 0.1) is 0 Å². The molecular weight excluding hydrogens is 396 g/mol. The van der Waals surface area contributed by atoms with Gasteiger partial charge in [0.2, 0.25) is 0 Å². The Morgan fingerprint density at radius 2 is 1.03 bits per heavy atom. The van der Waals surface area contributed by atoms with Crippen molar-refractivity contribution in [1.82, 2.24) is 0 Å². The Morgan fingerprint density at radius 3 is 1.39 bits per heavy atom. The molecule has 0 amide bonds. The molecule has 0 atom stereocenters. The van der Waals surface area contributed by atoms with E-state index in [-0.39, 0.29) is 7.43 Å². The lowest BCUT2D eigenvalue weighted by Crippen LogP contribution is -1.81. The first-order chi connectivity index (χ1) is 15.6. The van der Waals surface area contributed by atoms with Crippen molar-refractivity contribution in [2.45, 2.75) is 76.2 Å². The Morgan fingerprint density at radius 1 is 0.727 bits per heavy atom. The number of benzene rings is 3. The molecule has 0 aliphatic heterocycles. The number of aryl methyl sites for hydroxylation is 1. The van der Waals surface area contributed by atoms with Crippen LogP contribution in [-0.2, 0) is 0 Å². The van der Waals surface area contributed by atoms with Crippen molar-refractivity contribution in [3.05, 3.63) is 97.1 Å². The number of rotatable bonds is 2. The lowest BCUT2D eigenvalue weighted by atomic mass is 9.99. The van der Waals surface area contributed by atoms with Crippen LogP contribution in [0.25, 0.3) is 22.3 Å². The summed E-state index contributed by atoms with van der Waals surface area (Å²) in [6.45, 7) is 21.3. The van der Waals surface area contributed by atoms with Crippen LogP contribution < -0.4 is 0 Å². The third-order valence-corrected chi connectivity index (χ3v) is 3.34. The Balaban J connectivity index is -0.000000256. The Hall–Kier alpha value is -3.04. The van der Waals surface area contributed by atoms with E-state index in [2.05, 4.69) is 112 Å². The molecule has 0 aliphatic rings. The van der Waals surface area contributed by atoms with Crippen LogP contribution in [0.1, 0.15) is 74.8 Å². The first-order valence-electron chi connectivity index (χ1n) is 11.7. The highest BCUT2D eigenvalue weighted by Crippen LogP contribution is 2.25. The molecule has 0 radical (unpaired) electrons. The number of hydrogen-bond acceptors (Lipinski definition) is 0. The molecule has 0 heterocycles. The van der Waals surface area contributed by atoms with Crippen molar-refractivity contribution in [1.29, 1.82) is 0 Å².